The summed E-state index contributed by atoms with van der Waals surface area (Å²) in [6, 6.07) is 6.43. The van der Waals surface area contributed by atoms with Crippen LogP contribution in [0.15, 0.2) is 24.3 Å². The van der Waals surface area contributed by atoms with Crippen LogP contribution in [0.5, 0.6) is 0 Å². The molecule has 0 unspecified atom stereocenters. The predicted molar refractivity (Wildman–Crippen MR) is 86.8 cm³/mol. The highest BCUT2D eigenvalue weighted by atomic mass is 35.5. The molecule has 0 aliphatic carbocycles. The SMILES string of the molecule is CCOC(=O)N[C@@H](C(=O)N[C@H](C)c1ccc(Cl)cc1)C(C)C. The Morgan fingerprint density at radius 2 is 1.73 bits per heavy atom. The van der Waals surface area contributed by atoms with Gasteiger partial charge in [0.25, 0.3) is 0 Å². The van der Waals surface area contributed by atoms with Gasteiger partial charge in [-0.2, -0.15) is 0 Å². The zero-order chi connectivity index (χ0) is 16.7. The highest BCUT2D eigenvalue weighted by molar-refractivity contribution is 6.30. The largest absolute Gasteiger partial charge is 0.450 e. The van der Waals surface area contributed by atoms with Crippen LogP contribution < -0.4 is 10.6 Å². The molecule has 0 radical (unpaired) electrons. The van der Waals surface area contributed by atoms with Crippen molar-refractivity contribution in [2.45, 2.75) is 39.8 Å². The molecular weight excluding hydrogens is 304 g/mol. The fourth-order valence-corrected chi connectivity index (χ4v) is 2.10. The molecule has 0 saturated carbocycles. The number of carbonyl (C=O) groups is 2. The summed E-state index contributed by atoms with van der Waals surface area (Å²) in [7, 11) is 0. The third kappa shape index (κ3) is 5.56. The first-order chi connectivity index (χ1) is 10.3. The van der Waals surface area contributed by atoms with E-state index < -0.39 is 12.1 Å². The van der Waals surface area contributed by atoms with E-state index in [0.717, 1.165) is 5.56 Å². The second-order valence-corrected chi connectivity index (χ2v) is 5.80. The van der Waals surface area contributed by atoms with Crippen LogP contribution in [0.4, 0.5) is 4.79 Å². The van der Waals surface area contributed by atoms with E-state index in [-0.39, 0.29) is 24.5 Å². The van der Waals surface area contributed by atoms with Crippen LogP contribution in [0.1, 0.15) is 39.3 Å². The number of alkyl carbamates (subject to hydrolysis) is 1. The molecule has 0 heterocycles. The highest BCUT2D eigenvalue weighted by Gasteiger charge is 2.25. The molecule has 1 rings (SSSR count). The average Bonchev–Trinajstić information content (AvgIpc) is 2.45. The van der Waals surface area contributed by atoms with Crippen molar-refractivity contribution < 1.29 is 14.3 Å². The van der Waals surface area contributed by atoms with Crippen molar-refractivity contribution in [3.8, 4) is 0 Å². The van der Waals surface area contributed by atoms with Gasteiger partial charge in [0.2, 0.25) is 5.91 Å². The molecule has 6 heteroatoms. The molecule has 1 aromatic rings. The first-order valence-electron chi connectivity index (χ1n) is 7.34. The number of nitrogens with one attached hydrogen (secondary N) is 2. The van der Waals surface area contributed by atoms with Crippen molar-refractivity contribution in [2.24, 2.45) is 5.92 Å². The Balaban J connectivity index is 2.70. The van der Waals surface area contributed by atoms with Crippen LogP contribution in [-0.4, -0.2) is 24.6 Å². The fraction of sp³-hybridized carbons (Fsp3) is 0.500. The molecule has 2 amide bonds. The van der Waals surface area contributed by atoms with Crippen LogP contribution in [0.2, 0.25) is 5.02 Å². The van der Waals surface area contributed by atoms with E-state index in [1.807, 2.05) is 32.9 Å². The van der Waals surface area contributed by atoms with Gasteiger partial charge in [-0.1, -0.05) is 37.6 Å². The second-order valence-electron chi connectivity index (χ2n) is 5.37. The normalized spacial score (nSPS) is 13.4. The van der Waals surface area contributed by atoms with Crippen LogP contribution >= 0.6 is 11.6 Å². The minimum absolute atomic E-state index is 0.0539. The van der Waals surface area contributed by atoms with E-state index in [2.05, 4.69) is 10.6 Å². The van der Waals surface area contributed by atoms with Gasteiger partial charge in [0.15, 0.2) is 0 Å². The number of amides is 2. The summed E-state index contributed by atoms with van der Waals surface area (Å²) >= 11 is 5.85. The Bertz CT molecular complexity index is 503. The zero-order valence-electron chi connectivity index (χ0n) is 13.4. The fourth-order valence-electron chi connectivity index (χ4n) is 1.97. The van der Waals surface area contributed by atoms with E-state index in [4.69, 9.17) is 16.3 Å². The van der Waals surface area contributed by atoms with E-state index in [1.165, 1.54) is 0 Å². The minimum Gasteiger partial charge on any atom is -0.450 e. The number of ether oxygens (including phenoxy) is 1. The average molecular weight is 327 g/mol. The van der Waals surface area contributed by atoms with Gasteiger partial charge in [-0.05, 0) is 37.5 Å². The molecule has 0 spiro atoms. The maximum absolute atomic E-state index is 12.4. The third-order valence-corrected chi connectivity index (χ3v) is 3.48. The Morgan fingerprint density at radius 1 is 1.14 bits per heavy atom. The van der Waals surface area contributed by atoms with E-state index >= 15 is 0 Å². The van der Waals surface area contributed by atoms with E-state index in [1.54, 1.807) is 19.1 Å². The Morgan fingerprint density at radius 3 is 2.23 bits per heavy atom. The smallest absolute Gasteiger partial charge is 0.407 e. The summed E-state index contributed by atoms with van der Waals surface area (Å²) in [5.41, 5.74) is 0.941. The lowest BCUT2D eigenvalue weighted by atomic mass is 10.0. The summed E-state index contributed by atoms with van der Waals surface area (Å²) < 4.78 is 4.83. The van der Waals surface area contributed by atoms with Gasteiger partial charge < -0.3 is 15.4 Å². The number of carbonyl (C=O) groups excluding carboxylic acids is 2. The monoisotopic (exact) mass is 326 g/mol. The molecule has 22 heavy (non-hydrogen) atoms. The molecule has 0 aliphatic heterocycles. The molecule has 2 N–H and O–H groups in total. The summed E-state index contributed by atoms with van der Waals surface area (Å²) in [6.07, 6.45) is -0.588. The minimum atomic E-state index is -0.645. The third-order valence-electron chi connectivity index (χ3n) is 3.23. The molecule has 0 saturated heterocycles. The van der Waals surface area contributed by atoms with Gasteiger partial charge in [-0.3, -0.25) is 4.79 Å². The summed E-state index contributed by atoms with van der Waals surface area (Å²) in [6.45, 7) is 7.59. The van der Waals surface area contributed by atoms with Crippen molar-refractivity contribution in [3.63, 3.8) is 0 Å². The first kappa shape index (κ1) is 18.3. The van der Waals surface area contributed by atoms with Crippen molar-refractivity contribution >= 4 is 23.6 Å². The van der Waals surface area contributed by atoms with Crippen LogP contribution in [-0.2, 0) is 9.53 Å². The number of hydrogen-bond donors (Lipinski definition) is 2. The quantitative estimate of drug-likeness (QED) is 0.843. The van der Waals surface area contributed by atoms with Crippen LogP contribution in [0.25, 0.3) is 0 Å². The van der Waals surface area contributed by atoms with Crippen molar-refractivity contribution in [1.82, 2.24) is 10.6 Å². The van der Waals surface area contributed by atoms with Crippen molar-refractivity contribution in [2.75, 3.05) is 6.61 Å². The summed E-state index contributed by atoms with van der Waals surface area (Å²) in [4.78, 5) is 23.9. The van der Waals surface area contributed by atoms with Crippen LogP contribution in [0, 0.1) is 5.92 Å². The lowest BCUT2D eigenvalue weighted by Crippen LogP contribution is -2.50. The molecule has 2 atom stereocenters. The van der Waals surface area contributed by atoms with Gasteiger partial charge in [0.1, 0.15) is 6.04 Å². The molecule has 0 aliphatic rings. The van der Waals surface area contributed by atoms with Gasteiger partial charge in [-0.15, -0.1) is 0 Å². The first-order valence-corrected chi connectivity index (χ1v) is 7.72. The zero-order valence-corrected chi connectivity index (χ0v) is 14.1. The molecule has 0 fully saturated rings. The van der Waals surface area contributed by atoms with Gasteiger partial charge in [0.05, 0.1) is 12.6 Å². The van der Waals surface area contributed by atoms with Gasteiger partial charge in [0, 0.05) is 5.02 Å². The Hall–Kier alpha value is -1.75. The van der Waals surface area contributed by atoms with E-state index in [9.17, 15) is 9.59 Å². The highest BCUT2D eigenvalue weighted by Crippen LogP contribution is 2.16. The lowest BCUT2D eigenvalue weighted by Gasteiger charge is -2.23. The second kappa shape index (κ2) is 8.63. The Labute approximate surface area is 136 Å². The lowest BCUT2D eigenvalue weighted by molar-refractivity contribution is -0.124. The molecular formula is C16H23ClN2O3. The Kier molecular flexibility index (Phi) is 7.18. The molecule has 5 nitrogen and oxygen atoms in total. The van der Waals surface area contributed by atoms with Crippen molar-refractivity contribution in [1.29, 1.82) is 0 Å². The molecule has 122 valence electrons. The maximum atomic E-state index is 12.4. The van der Waals surface area contributed by atoms with Crippen LogP contribution in [0.3, 0.4) is 0 Å². The van der Waals surface area contributed by atoms with Gasteiger partial charge >= 0.3 is 6.09 Å². The summed E-state index contributed by atoms with van der Waals surface area (Å²) in [5, 5.41) is 6.13. The molecule has 1 aromatic carbocycles. The molecule has 0 aromatic heterocycles. The predicted octanol–water partition coefficient (Wildman–Crippen LogP) is 3.29. The number of hydrogen-bond acceptors (Lipinski definition) is 3. The van der Waals surface area contributed by atoms with Crippen molar-refractivity contribution in [3.05, 3.63) is 34.9 Å². The molecule has 0 bridgehead atoms. The number of rotatable bonds is 6. The van der Waals surface area contributed by atoms with Gasteiger partial charge in [-0.25, -0.2) is 4.79 Å². The topological polar surface area (TPSA) is 67.4 Å². The maximum Gasteiger partial charge on any atom is 0.407 e. The number of benzene rings is 1. The standard InChI is InChI=1S/C16H23ClN2O3/c1-5-22-16(21)19-14(10(2)3)15(20)18-11(4)12-6-8-13(17)9-7-12/h6-11,14H,5H2,1-4H3,(H,18,20)(H,19,21)/t11-,14-/m1/s1. The summed E-state index contributed by atoms with van der Waals surface area (Å²) in [5.74, 6) is -0.299. The van der Waals surface area contributed by atoms with E-state index in [0.29, 0.717) is 5.02 Å². The number of halogens is 1.